The molecule has 98 valence electrons. The smallest absolute Gasteiger partial charge is 0.303 e. The van der Waals surface area contributed by atoms with Crippen LogP contribution in [0.2, 0.25) is 0 Å². The van der Waals surface area contributed by atoms with Gasteiger partial charge in [0.15, 0.2) is 0 Å². The van der Waals surface area contributed by atoms with Crippen LogP contribution in [0.15, 0.2) is 0 Å². The number of carboxylic acid groups (broad SMARTS) is 1. The highest BCUT2D eigenvalue weighted by Crippen LogP contribution is 2.33. The van der Waals surface area contributed by atoms with Crippen LogP contribution < -0.4 is 11.9 Å². The number of unbranched alkanes of at least 4 members (excludes halogenated alkanes) is 2. The quantitative estimate of drug-likeness (QED) is 0.588. The molecular weight excluding hydrogens is 204 g/mol. The van der Waals surface area contributed by atoms with Gasteiger partial charge in [0.1, 0.15) is 0 Å². The molecule has 0 saturated carbocycles. The lowest BCUT2D eigenvalue weighted by Gasteiger charge is -2.38. The van der Waals surface area contributed by atoms with E-state index < -0.39 is 5.97 Å². The van der Waals surface area contributed by atoms with Crippen LogP contribution in [0.3, 0.4) is 0 Å². The van der Waals surface area contributed by atoms with E-state index in [1.807, 2.05) is 13.8 Å². The maximum absolute atomic E-state index is 10.3. The average Bonchev–Trinajstić information content (AvgIpc) is 2.00. The maximum atomic E-state index is 10.3. The SMILES string of the molecule is CC(C)(N)C(C)(C)CCCCCC(=O)O.N. The van der Waals surface area contributed by atoms with Gasteiger partial charge in [0.05, 0.1) is 0 Å². The Morgan fingerprint density at radius 2 is 1.62 bits per heavy atom. The number of aliphatic carboxylic acids is 1. The predicted molar refractivity (Wildman–Crippen MR) is 67.8 cm³/mol. The molecule has 0 fully saturated rings. The van der Waals surface area contributed by atoms with Crippen molar-refractivity contribution in [2.24, 2.45) is 11.1 Å². The Bertz CT molecular complexity index is 208. The molecule has 0 aliphatic rings. The van der Waals surface area contributed by atoms with Crippen molar-refractivity contribution in [3.63, 3.8) is 0 Å². The zero-order valence-electron chi connectivity index (χ0n) is 11.2. The largest absolute Gasteiger partial charge is 0.481 e. The molecule has 0 amide bonds. The van der Waals surface area contributed by atoms with Gasteiger partial charge in [0.2, 0.25) is 0 Å². The Morgan fingerprint density at radius 3 is 2.00 bits per heavy atom. The second-order valence-corrected chi connectivity index (χ2v) is 5.56. The first kappa shape index (κ1) is 17.8. The third-order valence-corrected chi connectivity index (χ3v) is 3.44. The summed E-state index contributed by atoms with van der Waals surface area (Å²) in [6.45, 7) is 8.43. The van der Waals surface area contributed by atoms with Gasteiger partial charge in [-0.05, 0) is 32.1 Å². The van der Waals surface area contributed by atoms with Gasteiger partial charge in [-0.1, -0.05) is 26.7 Å². The number of hydrogen-bond donors (Lipinski definition) is 3. The molecule has 0 aromatic rings. The van der Waals surface area contributed by atoms with Crippen molar-refractivity contribution in [3.8, 4) is 0 Å². The molecule has 4 nitrogen and oxygen atoms in total. The van der Waals surface area contributed by atoms with Crippen LogP contribution in [0.1, 0.15) is 59.8 Å². The molecule has 0 heterocycles. The lowest BCUT2D eigenvalue weighted by atomic mass is 9.72. The van der Waals surface area contributed by atoms with Crippen molar-refractivity contribution in [3.05, 3.63) is 0 Å². The Labute approximate surface area is 99.2 Å². The van der Waals surface area contributed by atoms with E-state index in [4.69, 9.17) is 10.8 Å². The van der Waals surface area contributed by atoms with Crippen LogP contribution in [0.4, 0.5) is 0 Å². The Morgan fingerprint density at radius 1 is 1.12 bits per heavy atom. The molecule has 0 spiro atoms. The Balaban J connectivity index is 0. The summed E-state index contributed by atoms with van der Waals surface area (Å²) in [6, 6.07) is 0. The average molecular weight is 232 g/mol. The van der Waals surface area contributed by atoms with E-state index in [0.29, 0.717) is 0 Å². The van der Waals surface area contributed by atoms with E-state index in [-0.39, 0.29) is 23.5 Å². The van der Waals surface area contributed by atoms with Crippen LogP contribution >= 0.6 is 0 Å². The molecule has 0 atom stereocenters. The fourth-order valence-corrected chi connectivity index (χ4v) is 1.34. The molecule has 6 N–H and O–H groups in total. The zero-order chi connectivity index (χ0) is 12.1. The number of carboxylic acids is 1. The van der Waals surface area contributed by atoms with Gasteiger partial charge in [-0.25, -0.2) is 0 Å². The van der Waals surface area contributed by atoms with E-state index >= 15 is 0 Å². The minimum absolute atomic E-state index is 0. The number of rotatable bonds is 7. The van der Waals surface area contributed by atoms with E-state index in [2.05, 4.69) is 13.8 Å². The first-order valence-corrected chi connectivity index (χ1v) is 5.67. The lowest BCUT2D eigenvalue weighted by Crippen LogP contribution is -2.47. The first-order valence-electron chi connectivity index (χ1n) is 5.67. The minimum atomic E-state index is -0.701. The molecule has 0 unspecified atom stereocenters. The molecule has 0 radical (unpaired) electrons. The van der Waals surface area contributed by atoms with Gasteiger partial charge in [-0.2, -0.15) is 0 Å². The summed E-state index contributed by atoms with van der Waals surface area (Å²) in [4.78, 5) is 10.3. The lowest BCUT2D eigenvalue weighted by molar-refractivity contribution is -0.137. The van der Waals surface area contributed by atoms with Gasteiger partial charge in [0.25, 0.3) is 0 Å². The topological polar surface area (TPSA) is 98.3 Å². The van der Waals surface area contributed by atoms with Crippen molar-refractivity contribution in [1.82, 2.24) is 6.15 Å². The Kier molecular flexibility index (Phi) is 7.62. The summed E-state index contributed by atoms with van der Waals surface area (Å²) in [7, 11) is 0. The molecule has 0 bridgehead atoms. The second kappa shape index (κ2) is 6.86. The molecule has 0 aromatic carbocycles. The van der Waals surface area contributed by atoms with Gasteiger partial charge in [-0.15, -0.1) is 0 Å². The minimum Gasteiger partial charge on any atom is -0.481 e. The molecule has 0 rings (SSSR count). The highest BCUT2D eigenvalue weighted by Gasteiger charge is 2.32. The zero-order valence-corrected chi connectivity index (χ0v) is 11.2. The van der Waals surface area contributed by atoms with Gasteiger partial charge in [0, 0.05) is 12.0 Å². The van der Waals surface area contributed by atoms with Gasteiger partial charge in [-0.3, -0.25) is 4.79 Å². The molecule has 16 heavy (non-hydrogen) atoms. The third-order valence-electron chi connectivity index (χ3n) is 3.44. The van der Waals surface area contributed by atoms with E-state index in [0.717, 1.165) is 25.7 Å². The second-order valence-electron chi connectivity index (χ2n) is 5.56. The molecule has 0 aliphatic carbocycles. The molecular formula is C12H28N2O2. The normalized spacial score (nSPS) is 12.1. The Hall–Kier alpha value is -0.610. The van der Waals surface area contributed by atoms with Crippen LogP contribution in [-0.4, -0.2) is 16.6 Å². The standard InChI is InChI=1S/C12H25NO2.H3N/c1-11(2,12(3,4)13)9-7-5-6-8-10(14)15;/h5-9,13H2,1-4H3,(H,14,15);1H3. The highest BCUT2D eigenvalue weighted by atomic mass is 16.4. The summed E-state index contributed by atoms with van der Waals surface area (Å²) in [5, 5.41) is 8.48. The van der Waals surface area contributed by atoms with Gasteiger partial charge >= 0.3 is 5.97 Å². The molecule has 4 heteroatoms. The number of nitrogens with two attached hydrogens (primary N) is 1. The summed E-state index contributed by atoms with van der Waals surface area (Å²) < 4.78 is 0. The van der Waals surface area contributed by atoms with E-state index in [9.17, 15) is 4.79 Å². The van der Waals surface area contributed by atoms with Crippen molar-refractivity contribution in [2.45, 2.75) is 65.3 Å². The summed E-state index contributed by atoms with van der Waals surface area (Å²) in [5.41, 5.74) is 6.01. The van der Waals surface area contributed by atoms with Crippen LogP contribution in [0.25, 0.3) is 0 Å². The van der Waals surface area contributed by atoms with Crippen LogP contribution in [0.5, 0.6) is 0 Å². The predicted octanol–water partition coefficient (Wildman–Crippen LogP) is 2.95. The van der Waals surface area contributed by atoms with Crippen molar-refractivity contribution < 1.29 is 9.90 Å². The van der Waals surface area contributed by atoms with Gasteiger partial charge < -0.3 is 17.0 Å². The van der Waals surface area contributed by atoms with E-state index in [1.54, 1.807) is 0 Å². The molecule has 0 saturated heterocycles. The van der Waals surface area contributed by atoms with Crippen LogP contribution in [-0.2, 0) is 4.79 Å². The van der Waals surface area contributed by atoms with E-state index in [1.165, 1.54) is 0 Å². The maximum Gasteiger partial charge on any atom is 0.303 e. The fourth-order valence-electron chi connectivity index (χ4n) is 1.34. The number of hydrogen-bond acceptors (Lipinski definition) is 3. The molecule has 0 aliphatic heterocycles. The monoisotopic (exact) mass is 232 g/mol. The summed E-state index contributed by atoms with van der Waals surface area (Å²) >= 11 is 0. The number of carbonyl (C=O) groups is 1. The third kappa shape index (κ3) is 6.80. The van der Waals surface area contributed by atoms with Crippen LogP contribution in [0, 0.1) is 5.41 Å². The molecule has 0 aromatic heterocycles. The fraction of sp³-hybridized carbons (Fsp3) is 0.917. The summed E-state index contributed by atoms with van der Waals surface area (Å²) in [6.07, 6.45) is 4.14. The summed E-state index contributed by atoms with van der Waals surface area (Å²) in [5.74, 6) is -0.701. The van der Waals surface area contributed by atoms with Crippen molar-refractivity contribution in [1.29, 1.82) is 0 Å². The first-order chi connectivity index (χ1) is 6.67. The van der Waals surface area contributed by atoms with Crippen molar-refractivity contribution >= 4 is 5.97 Å². The van der Waals surface area contributed by atoms with Crippen molar-refractivity contribution in [2.75, 3.05) is 0 Å². The highest BCUT2D eigenvalue weighted by molar-refractivity contribution is 5.66.